The van der Waals surface area contributed by atoms with Gasteiger partial charge in [0.1, 0.15) is 11.6 Å². The lowest BCUT2D eigenvalue weighted by atomic mass is 10.1. The molecule has 1 aromatic heterocycles. The molecule has 1 fully saturated rings. The second-order valence-electron chi connectivity index (χ2n) is 6.63. The molecule has 1 aromatic carbocycles. The number of carbonyl (C=O) groups is 1. The van der Waals surface area contributed by atoms with Gasteiger partial charge in [0.2, 0.25) is 0 Å². The van der Waals surface area contributed by atoms with E-state index >= 15 is 0 Å². The zero-order valence-electron chi connectivity index (χ0n) is 14.5. The molecule has 1 aliphatic rings. The van der Waals surface area contributed by atoms with Crippen molar-refractivity contribution >= 4 is 16.9 Å². The van der Waals surface area contributed by atoms with E-state index in [0.29, 0.717) is 42.9 Å². The molecule has 0 aliphatic carbocycles. The Morgan fingerprint density at radius 1 is 1.44 bits per heavy atom. The Kier molecular flexibility index (Phi) is 5.22. The molecule has 2 N–H and O–H groups in total. The first-order valence-corrected chi connectivity index (χ1v) is 8.48. The first kappa shape index (κ1) is 17.7. The van der Waals surface area contributed by atoms with E-state index < -0.39 is 11.6 Å². The molecule has 1 aliphatic heterocycles. The van der Waals surface area contributed by atoms with Gasteiger partial charge in [-0.2, -0.15) is 0 Å². The normalized spacial score (nSPS) is 17.2. The Labute approximate surface area is 145 Å². The number of carbonyl (C=O) groups excluding carboxylic acids is 1. The molecule has 0 bridgehead atoms. The monoisotopic (exact) mass is 351 g/mol. The van der Waals surface area contributed by atoms with E-state index in [2.05, 4.69) is 10.3 Å². The highest BCUT2D eigenvalue weighted by atomic mass is 19.1. The van der Waals surface area contributed by atoms with Gasteiger partial charge in [-0.1, -0.05) is 0 Å². The van der Waals surface area contributed by atoms with Crippen molar-refractivity contribution in [2.45, 2.75) is 19.8 Å². The first-order valence-electron chi connectivity index (χ1n) is 8.48. The Hall–Kier alpha value is -2.15. The fourth-order valence-electron chi connectivity index (χ4n) is 3.35. The Bertz CT molecular complexity index is 769. The molecule has 2 heterocycles. The zero-order chi connectivity index (χ0) is 18.0. The van der Waals surface area contributed by atoms with Crippen molar-refractivity contribution < 1.29 is 18.3 Å². The molecule has 0 saturated carbocycles. The largest absolute Gasteiger partial charge is 0.381 e. The van der Waals surface area contributed by atoms with E-state index in [1.54, 1.807) is 11.9 Å². The van der Waals surface area contributed by atoms with Gasteiger partial charge in [0.25, 0.3) is 0 Å². The molecular weight excluding hydrogens is 328 g/mol. The summed E-state index contributed by atoms with van der Waals surface area (Å²) in [7, 11) is 1.76. The number of aromatic nitrogens is 1. The van der Waals surface area contributed by atoms with Crippen LogP contribution in [-0.2, 0) is 11.2 Å². The molecule has 0 radical (unpaired) electrons. The summed E-state index contributed by atoms with van der Waals surface area (Å²) in [6.45, 7) is 4.34. The van der Waals surface area contributed by atoms with Gasteiger partial charge in [-0.05, 0) is 31.4 Å². The number of hydrogen-bond acceptors (Lipinski definition) is 2. The van der Waals surface area contributed by atoms with E-state index in [0.717, 1.165) is 30.4 Å². The zero-order valence-corrected chi connectivity index (χ0v) is 14.5. The van der Waals surface area contributed by atoms with Crippen molar-refractivity contribution in [2.24, 2.45) is 5.92 Å². The summed E-state index contributed by atoms with van der Waals surface area (Å²) in [5, 5.41) is 3.39. The smallest absolute Gasteiger partial charge is 0.317 e. The van der Waals surface area contributed by atoms with Crippen LogP contribution in [0.3, 0.4) is 0 Å². The van der Waals surface area contributed by atoms with E-state index in [4.69, 9.17) is 4.74 Å². The van der Waals surface area contributed by atoms with Gasteiger partial charge in [-0.15, -0.1) is 0 Å². The lowest BCUT2D eigenvalue weighted by molar-refractivity contribution is 0.171. The Balaban J connectivity index is 1.59. The number of nitrogens with one attached hydrogen (secondary N) is 2. The molecule has 2 aromatic rings. The molecular formula is C18H23F2N3O2. The number of urea groups is 1. The van der Waals surface area contributed by atoms with E-state index in [9.17, 15) is 13.6 Å². The highest BCUT2D eigenvalue weighted by Gasteiger charge is 2.20. The first-order chi connectivity index (χ1) is 12.0. The summed E-state index contributed by atoms with van der Waals surface area (Å²) in [4.78, 5) is 16.8. The number of benzene rings is 1. The highest BCUT2D eigenvalue weighted by Crippen LogP contribution is 2.25. The van der Waals surface area contributed by atoms with Crippen LogP contribution in [0, 0.1) is 24.5 Å². The summed E-state index contributed by atoms with van der Waals surface area (Å²) in [5.74, 6) is -0.822. The highest BCUT2D eigenvalue weighted by molar-refractivity contribution is 5.85. The molecule has 1 saturated heterocycles. The molecule has 0 unspecified atom stereocenters. The topological polar surface area (TPSA) is 57.4 Å². The second kappa shape index (κ2) is 7.39. The van der Waals surface area contributed by atoms with Crippen LogP contribution in [-0.4, -0.2) is 49.3 Å². The number of aryl methyl sites for hydroxylation is 1. The number of H-pyrrole nitrogens is 1. The predicted octanol–water partition coefficient (Wildman–Crippen LogP) is 2.97. The minimum atomic E-state index is -0.605. The molecule has 25 heavy (non-hydrogen) atoms. The third-order valence-corrected chi connectivity index (χ3v) is 4.70. The molecule has 0 spiro atoms. The number of amides is 2. The standard InChI is InChI=1S/C18H23F2N3O2/c1-11-14(15-7-13(19)8-16(20)17(15)22-11)3-5-21-18(24)23(2)9-12-4-6-25-10-12/h7-8,12,22H,3-6,9-10H2,1-2H3,(H,21,24)/t12-/m0/s1. The van der Waals surface area contributed by atoms with Crippen molar-refractivity contribution in [1.29, 1.82) is 0 Å². The van der Waals surface area contributed by atoms with Gasteiger partial charge in [-0.3, -0.25) is 0 Å². The summed E-state index contributed by atoms with van der Waals surface area (Å²) in [6.07, 6.45) is 1.48. The van der Waals surface area contributed by atoms with Gasteiger partial charge in [0.05, 0.1) is 12.1 Å². The van der Waals surface area contributed by atoms with Crippen LogP contribution in [0.5, 0.6) is 0 Å². The van der Waals surface area contributed by atoms with E-state index in [-0.39, 0.29) is 6.03 Å². The van der Waals surface area contributed by atoms with Gasteiger partial charge < -0.3 is 19.9 Å². The third-order valence-electron chi connectivity index (χ3n) is 4.70. The minimum absolute atomic E-state index is 0.151. The lowest BCUT2D eigenvalue weighted by Gasteiger charge is -2.20. The number of rotatable bonds is 5. The second-order valence-corrected chi connectivity index (χ2v) is 6.63. The van der Waals surface area contributed by atoms with Crippen molar-refractivity contribution in [3.63, 3.8) is 0 Å². The summed E-state index contributed by atoms with van der Waals surface area (Å²) in [5.41, 5.74) is 1.91. The number of hydrogen-bond donors (Lipinski definition) is 2. The van der Waals surface area contributed by atoms with Crippen LogP contribution in [0.4, 0.5) is 13.6 Å². The van der Waals surface area contributed by atoms with Gasteiger partial charge in [0.15, 0.2) is 0 Å². The fourth-order valence-corrected chi connectivity index (χ4v) is 3.35. The third kappa shape index (κ3) is 3.92. The summed E-state index contributed by atoms with van der Waals surface area (Å²) < 4.78 is 32.6. The SMILES string of the molecule is Cc1[nH]c2c(F)cc(F)cc2c1CCNC(=O)N(C)C[C@@H]1CCOC1. The Morgan fingerprint density at radius 3 is 2.96 bits per heavy atom. The van der Waals surface area contributed by atoms with Crippen LogP contribution in [0.15, 0.2) is 12.1 Å². The molecule has 5 nitrogen and oxygen atoms in total. The average molecular weight is 351 g/mol. The summed E-state index contributed by atoms with van der Waals surface area (Å²) >= 11 is 0. The van der Waals surface area contributed by atoms with E-state index in [1.165, 1.54) is 6.07 Å². The quantitative estimate of drug-likeness (QED) is 0.870. The van der Waals surface area contributed by atoms with Crippen LogP contribution in [0.2, 0.25) is 0 Å². The molecule has 3 rings (SSSR count). The molecule has 2 amide bonds. The van der Waals surface area contributed by atoms with Gasteiger partial charge in [-0.25, -0.2) is 13.6 Å². The van der Waals surface area contributed by atoms with Crippen LogP contribution >= 0.6 is 0 Å². The minimum Gasteiger partial charge on any atom is -0.381 e. The van der Waals surface area contributed by atoms with Crippen LogP contribution < -0.4 is 5.32 Å². The maximum Gasteiger partial charge on any atom is 0.317 e. The maximum atomic E-state index is 13.8. The van der Waals surface area contributed by atoms with Crippen LogP contribution in [0.25, 0.3) is 10.9 Å². The van der Waals surface area contributed by atoms with Gasteiger partial charge in [0, 0.05) is 49.8 Å². The average Bonchev–Trinajstić information content (AvgIpc) is 3.16. The molecule has 136 valence electrons. The van der Waals surface area contributed by atoms with Crippen LogP contribution in [0.1, 0.15) is 17.7 Å². The molecule has 7 heteroatoms. The summed E-state index contributed by atoms with van der Waals surface area (Å²) in [6, 6.07) is 2.04. The fraction of sp³-hybridized carbons (Fsp3) is 0.500. The van der Waals surface area contributed by atoms with E-state index in [1.807, 2.05) is 6.92 Å². The van der Waals surface area contributed by atoms with Crippen molar-refractivity contribution in [3.8, 4) is 0 Å². The lowest BCUT2D eigenvalue weighted by Crippen LogP contribution is -2.40. The predicted molar refractivity (Wildman–Crippen MR) is 91.6 cm³/mol. The van der Waals surface area contributed by atoms with Crippen molar-refractivity contribution in [3.05, 3.63) is 35.0 Å². The van der Waals surface area contributed by atoms with Crippen molar-refractivity contribution in [2.75, 3.05) is 33.4 Å². The Morgan fingerprint density at radius 2 is 2.24 bits per heavy atom. The molecule has 1 atom stereocenters. The maximum absolute atomic E-state index is 13.8. The number of halogens is 2. The van der Waals surface area contributed by atoms with Gasteiger partial charge >= 0.3 is 6.03 Å². The number of aromatic amines is 1. The number of ether oxygens (including phenoxy) is 1. The number of nitrogens with zero attached hydrogens (tertiary/aromatic N) is 1. The number of fused-ring (bicyclic) bond motifs is 1. The van der Waals surface area contributed by atoms with Crippen molar-refractivity contribution in [1.82, 2.24) is 15.2 Å².